The molecule has 2 amide bonds. The molecule has 0 aromatic heterocycles. The molecule has 1 heterocycles. The molecule has 0 bridgehead atoms. The molecule has 154 valence electrons. The Morgan fingerprint density at radius 2 is 1.55 bits per heavy atom. The van der Waals surface area contributed by atoms with Crippen LogP contribution in [0.15, 0.2) is 53.4 Å². The Balaban J connectivity index is 1.57. The number of piperidine rings is 1. The molecule has 1 fully saturated rings. The van der Waals surface area contributed by atoms with Crippen LogP contribution in [0.4, 0.5) is 5.69 Å². The number of carbonyl (C=O) groups excluding carboxylic acids is 2. The number of nitrogens with one attached hydrogen (secondary N) is 2. The Morgan fingerprint density at radius 1 is 0.966 bits per heavy atom. The summed E-state index contributed by atoms with van der Waals surface area (Å²) in [6, 6.07) is 13.3. The summed E-state index contributed by atoms with van der Waals surface area (Å²) in [7, 11) is -3.67. The maximum atomic E-state index is 12.6. The maximum absolute atomic E-state index is 12.6. The number of rotatable bonds is 5. The van der Waals surface area contributed by atoms with Gasteiger partial charge in [0.05, 0.1) is 4.90 Å². The third kappa shape index (κ3) is 5.42. The van der Waals surface area contributed by atoms with Gasteiger partial charge in [0.1, 0.15) is 0 Å². The quantitative estimate of drug-likeness (QED) is 0.784. The zero-order chi connectivity index (χ0) is 21.0. The molecule has 0 spiro atoms. The first-order valence-corrected chi connectivity index (χ1v) is 11.0. The zero-order valence-electron chi connectivity index (χ0n) is 16.5. The molecular formula is C21H25N3O4S. The van der Waals surface area contributed by atoms with Gasteiger partial charge in [-0.05, 0) is 56.2 Å². The molecular weight excluding hydrogens is 390 g/mol. The van der Waals surface area contributed by atoms with Crippen molar-refractivity contribution in [1.82, 2.24) is 9.62 Å². The van der Waals surface area contributed by atoms with Crippen LogP contribution in [0.3, 0.4) is 0 Å². The van der Waals surface area contributed by atoms with Gasteiger partial charge in [-0.25, -0.2) is 13.1 Å². The molecule has 1 aliphatic rings. The number of carbonyl (C=O) groups is 2. The molecule has 0 atom stereocenters. The number of hydrogen-bond acceptors (Lipinski definition) is 4. The van der Waals surface area contributed by atoms with E-state index >= 15 is 0 Å². The molecule has 2 aromatic carbocycles. The number of amides is 2. The standard InChI is InChI=1S/C21H25N3O4S/c1-15-3-5-17(6-4-15)21(26)24-13-11-19(12-14-24)23-29(27,28)20-9-7-18(8-10-20)22-16(2)25/h3-10,19,23H,11-14H2,1-2H3,(H,22,25). The van der Waals surface area contributed by atoms with Crippen molar-refractivity contribution in [2.45, 2.75) is 37.6 Å². The summed E-state index contributed by atoms with van der Waals surface area (Å²) < 4.78 is 28.0. The molecule has 8 heteroatoms. The number of nitrogens with zero attached hydrogens (tertiary/aromatic N) is 1. The van der Waals surface area contributed by atoms with Gasteiger partial charge in [-0.15, -0.1) is 0 Å². The highest BCUT2D eigenvalue weighted by Crippen LogP contribution is 2.19. The monoisotopic (exact) mass is 415 g/mol. The van der Waals surface area contributed by atoms with Gasteiger partial charge >= 0.3 is 0 Å². The van der Waals surface area contributed by atoms with E-state index in [1.54, 1.807) is 17.0 Å². The fourth-order valence-electron chi connectivity index (χ4n) is 3.29. The van der Waals surface area contributed by atoms with Crippen molar-refractivity contribution in [1.29, 1.82) is 0 Å². The summed E-state index contributed by atoms with van der Waals surface area (Å²) in [5.74, 6) is -0.245. The average molecular weight is 416 g/mol. The fraction of sp³-hybridized carbons (Fsp3) is 0.333. The second kappa shape index (κ2) is 8.75. The highest BCUT2D eigenvalue weighted by molar-refractivity contribution is 7.89. The maximum Gasteiger partial charge on any atom is 0.253 e. The van der Waals surface area contributed by atoms with Crippen LogP contribution >= 0.6 is 0 Å². The van der Waals surface area contributed by atoms with E-state index < -0.39 is 10.0 Å². The van der Waals surface area contributed by atoms with Gasteiger partial charge in [0, 0.05) is 37.3 Å². The predicted octanol–water partition coefficient (Wildman–Crippen LogP) is 2.54. The Hall–Kier alpha value is -2.71. The van der Waals surface area contributed by atoms with Gasteiger partial charge in [0.15, 0.2) is 0 Å². The van der Waals surface area contributed by atoms with Crippen LogP contribution in [-0.2, 0) is 14.8 Å². The number of sulfonamides is 1. The predicted molar refractivity (Wildman–Crippen MR) is 111 cm³/mol. The van der Waals surface area contributed by atoms with E-state index in [-0.39, 0.29) is 22.8 Å². The van der Waals surface area contributed by atoms with Crippen LogP contribution in [0.2, 0.25) is 0 Å². The third-order valence-corrected chi connectivity index (χ3v) is 6.42. The largest absolute Gasteiger partial charge is 0.339 e. The van der Waals surface area contributed by atoms with Crippen LogP contribution in [0.1, 0.15) is 35.7 Å². The normalized spacial score (nSPS) is 15.2. The molecule has 2 N–H and O–H groups in total. The van der Waals surface area contributed by atoms with Crippen molar-refractivity contribution in [3.05, 3.63) is 59.7 Å². The Bertz CT molecular complexity index is 978. The van der Waals surface area contributed by atoms with Crippen LogP contribution in [0, 0.1) is 6.92 Å². The summed E-state index contributed by atoms with van der Waals surface area (Å²) in [4.78, 5) is 25.6. The molecule has 0 unspecified atom stereocenters. The SMILES string of the molecule is CC(=O)Nc1ccc(S(=O)(=O)NC2CCN(C(=O)c3ccc(C)cc3)CC2)cc1. The van der Waals surface area contributed by atoms with Crippen molar-refractivity contribution in [2.75, 3.05) is 18.4 Å². The molecule has 29 heavy (non-hydrogen) atoms. The summed E-state index contributed by atoms with van der Waals surface area (Å²) in [5, 5.41) is 2.61. The number of aryl methyl sites for hydroxylation is 1. The summed E-state index contributed by atoms with van der Waals surface area (Å²) >= 11 is 0. The lowest BCUT2D eigenvalue weighted by Gasteiger charge is -2.32. The second-order valence-electron chi connectivity index (χ2n) is 7.26. The van der Waals surface area contributed by atoms with Crippen molar-refractivity contribution < 1.29 is 18.0 Å². The Morgan fingerprint density at radius 3 is 2.10 bits per heavy atom. The fourth-order valence-corrected chi connectivity index (χ4v) is 4.59. The van der Waals surface area contributed by atoms with Gasteiger partial charge < -0.3 is 10.2 Å². The van der Waals surface area contributed by atoms with Crippen LogP contribution < -0.4 is 10.0 Å². The summed E-state index contributed by atoms with van der Waals surface area (Å²) in [5.41, 5.74) is 2.29. The lowest BCUT2D eigenvalue weighted by Crippen LogP contribution is -2.46. The Labute approximate surface area is 171 Å². The smallest absolute Gasteiger partial charge is 0.253 e. The topological polar surface area (TPSA) is 95.6 Å². The lowest BCUT2D eigenvalue weighted by atomic mass is 10.0. The van der Waals surface area contributed by atoms with E-state index in [4.69, 9.17) is 0 Å². The first-order chi connectivity index (χ1) is 13.7. The van der Waals surface area contributed by atoms with Crippen molar-refractivity contribution in [3.63, 3.8) is 0 Å². The van der Waals surface area contributed by atoms with Crippen molar-refractivity contribution in [2.24, 2.45) is 0 Å². The number of benzene rings is 2. The van der Waals surface area contributed by atoms with Gasteiger partial charge in [-0.1, -0.05) is 17.7 Å². The van der Waals surface area contributed by atoms with Gasteiger partial charge in [-0.3, -0.25) is 9.59 Å². The molecule has 0 saturated carbocycles. The molecule has 2 aromatic rings. The van der Waals surface area contributed by atoms with Crippen LogP contribution in [-0.4, -0.2) is 44.3 Å². The van der Waals surface area contributed by atoms with E-state index in [0.717, 1.165) is 5.56 Å². The molecule has 1 saturated heterocycles. The minimum atomic E-state index is -3.67. The van der Waals surface area contributed by atoms with Gasteiger partial charge in [0.25, 0.3) is 5.91 Å². The van der Waals surface area contributed by atoms with E-state index in [1.165, 1.54) is 19.1 Å². The molecule has 3 rings (SSSR count). The lowest BCUT2D eigenvalue weighted by molar-refractivity contribution is -0.114. The molecule has 0 radical (unpaired) electrons. The van der Waals surface area contributed by atoms with Gasteiger partial charge in [-0.2, -0.15) is 0 Å². The van der Waals surface area contributed by atoms with Crippen LogP contribution in [0.25, 0.3) is 0 Å². The average Bonchev–Trinajstić information content (AvgIpc) is 2.68. The summed E-state index contributed by atoms with van der Waals surface area (Å²) in [6.07, 6.45) is 1.11. The van der Waals surface area contributed by atoms with E-state index in [0.29, 0.717) is 37.2 Å². The van der Waals surface area contributed by atoms with Crippen LogP contribution in [0.5, 0.6) is 0 Å². The Kier molecular flexibility index (Phi) is 6.34. The van der Waals surface area contributed by atoms with Crippen molar-refractivity contribution in [3.8, 4) is 0 Å². The summed E-state index contributed by atoms with van der Waals surface area (Å²) in [6.45, 7) is 4.37. The minimum absolute atomic E-state index is 0.0279. The number of anilines is 1. The minimum Gasteiger partial charge on any atom is -0.339 e. The molecule has 7 nitrogen and oxygen atoms in total. The number of likely N-dealkylation sites (tertiary alicyclic amines) is 1. The number of hydrogen-bond donors (Lipinski definition) is 2. The van der Waals surface area contributed by atoms with Gasteiger partial charge in [0.2, 0.25) is 15.9 Å². The first kappa shape index (κ1) is 21.0. The van der Waals surface area contributed by atoms with Crippen molar-refractivity contribution >= 4 is 27.5 Å². The van der Waals surface area contributed by atoms with E-state index in [1.807, 2.05) is 31.2 Å². The second-order valence-corrected chi connectivity index (χ2v) is 8.97. The van der Waals surface area contributed by atoms with E-state index in [2.05, 4.69) is 10.0 Å². The molecule has 0 aliphatic carbocycles. The zero-order valence-corrected chi connectivity index (χ0v) is 17.3. The third-order valence-electron chi connectivity index (χ3n) is 4.89. The molecule has 1 aliphatic heterocycles. The first-order valence-electron chi connectivity index (χ1n) is 9.50. The highest BCUT2D eigenvalue weighted by atomic mass is 32.2. The highest BCUT2D eigenvalue weighted by Gasteiger charge is 2.27. The van der Waals surface area contributed by atoms with E-state index in [9.17, 15) is 18.0 Å².